The number of hydrogen-bond donors (Lipinski definition) is 4. The van der Waals surface area contributed by atoms with E-state index in [9.17, 15) is 9.90 Å². The summed E-state index contributed by atoms with van der Waals surface area (Å²) in [6.45, 7) is 6.14. The highest BCUT2D eigenvalue weighted by atomic mass is 35.5. The molecule has 2 aromatic rings. The average molecular weight is 311 g/mol. The van der Waals surface area contributed by atoms with Crippen LogP contribution in [-0.2, 0) is 5.41 Å². The first-order chi connectivity index (χ1) is 9.62. The Morgan fingerprint density at radius 1 is 1.38 bits per heavy atom. The highest BCUT2D eigenvalue weighted by molar-refractivity contribution is 6.31. The molecule has 6 N–H and O–H groups in total. The molecule has 0 radical (unpaired) electrons. The largest absolute Gasteiger partial charge is 0.506 e. The number of aromatic amines is 1. The lowest BCUT2D eigenvalue weighted by Crippen LogP contribution is -2.12. The van der Waals surface area contributed by atoms with E-state index in [1.54, 1.807) is 6.07 Å². The van der Waals surface area contributed by atoms with Crippen LogP contribution in [-0.4, -0.2) is 21.0 Å². The van der Waals surface area contributed by atoms with E-state index in [0.29, 0.717) is 16.4 Å². The molecule has 0 saturated carbocycles. The Hall–Kier alpha value is -2.21. The second kappa shape index (κ2) is 6.49. The maximum Gasteiger partial charge on any atom is 0.266 e. The summed E-state index contributed by atoms with van der Waals surface area (Å²) in [5.41, 5.74) is 12.0. The van der Waals surface area contributed by atoms with Gasteiger partial charge in [0, 0.05) is 11.1 Å². The first kappa shape index (κ1) is 16.8. The first-order valence-electron chi connectivity index (χ1n) is 6.19. The van der Waals surface area contributed by atoms with E-state index in [1.165, 1.54) is 18.6 Å². The summed E-state index contributed by atoms with van der Waals surface area (Å²) in [7, 11) is 0. The van der Waals surface area contributed by atoms with Gasteiger partial charge in [-0.25, -0.2) is 4.98 Å². The third-order valence-corrected chi connectivity index (χ3v) is 3.00. The highest BCUT2D eigenvalue weighted by Crippen LogP contribution is 2.35. The van der Waals surface area contributed by atoms with Crippen molar-refractivity contribution in [3.8, 4) is 5.75 Å². The molecule has 6 nitrogen and oxygen atoms in total. The Labute approximate surface area is 128 Å². The number of hydrogen-bond acceptors (Lipinski definition) is 4. The molecular weight excluding hydrogens is 292 g/mol. The summed E-state index contributed by atoms with van der Waals surface area (Å²) < 4.78 is 0. The zero-order chi connectivity index (χ0) is 16.2. The van der Waals surface area contributed by atoms with E-state index in [-0.39, 0.29) is 11.2 Å². The van der Waals surface area contributed by atoms with Gasteiger partial charge in [0.25, 0.3) is 5.91 Å². The molecular formula is C14H19ClN4O2. The summed E-state index contributed by atoms with van der Waals surface area (Å²) in [5.74, 6) is -0.444. The number of nitrogens with zero attached hydrogens (tertiary/aromatic N) is 1. The van der Waals surface area contributed by atoms with E-state index in [0.717, 1.165) is 5.56 Å². The number of primary amides is 1. The van der Waals surface area contributed by atoms with E-state index in [2.05, 4.69) is 9.97 Å². The number of nitrogens with one attached hydrogen (secondary N) is 1. The molecule has 7 heteroatoms. The Morgan fingerprint density at radius 2 is 2.00 bits per heavy atom. The van der Waals surface area contributed by atoms with Crippen LogP contribution >= 0.6 is 11.6 Å². The van der Waals surface area contributed by atoms with Crippen molar-refractivity contribution in [1.82, 2.24) is 9.97 Å². The van der Waals surface area contributed by atoms with E-state index in [1.807, 2.05) is 20.8 Å². The van der Waals surface area contributed by atoms with Crippen molar-refractivity contribution in [3.63, 3.8) is 0 Å². The van der Waals surface area contributed by atoms with Crippen LogP contribution in [0.15, 0.2) is 24.7 Å². The molecule has 0 aliphatic heterocycles. The maximum absolute atomic E-state index is 10.2. The number of amides is 1. The van der Waals surface area contributed by atoms with Gasteiger partial charge < -0.3 is 21.6 Å². The SMILES string of the molecule is CC(C)(C)c1cc(N)c(O)cc1Cl.NC(=O)c1cnc[nH]1. The number of aromatic hydroxyl groups is 1. The van der Waals surface area contributed by atoms with Crippen molar-refractivity contribution in [3.05, 3.63) is 40.9 Å². The minimum Gasteiger partial charge on any atom is -0.506 e. The molecule has 0 aliphatic rings. The lowest BCUT2D eigenvalue weighted by atomic mass is 9.86. The van der Waals surface area contributed by atoms with Crippen LogP contribution in [0.1, 0.15) is 36.8 Å². The van der Waals surface area contributed by atoms with Gasteiger partial charge in [0.15, 0.2) is 0 Å². The topological polar surface area (TPSA) is 118 Å². The molecule has 0 atom stereocenters. The van der Waals surface area contributed by atoms with Crippen molar-refractivity contribution in [2.75, 3.05) is 5.73 Å². The van der Waals surface area contributed by atoms with Crippen LogP contribution < -0.4 is 11.5 Å². The number of anilines is 1. The van der Waals surface area contributed by atoms with Crippen LogP contribution in [0.5, 0.6) is 5.75 Å². The number of nitrogen functional groups attached to an aromatic ring is 1. The van der Waals surface area contributed by atoms with E-state index >= 15 is 0 Å². The third-order valence-electron chi connectivity index (χ3n) is 2.69. The number of halogens is 1. The molecule has 2 rings (SSSR count). The Balaban J connectivity index is 0.000000235. The highest BCUT2D eigenvalue weighted by Gasteiger charge is 2.18. The van der Waals surface area contributed by atoms with Crippen molar-refractivity contribution in [2.45, 2.75) is 26.2 Å². The lowest BCUT2D eigenvalue weighted by Gasteiger charge is -2.21. The molecule has 0 spiro atoms. The fraction of sp³-hybridized carbons (Fsp3) is 0.286. The minimum atomic E-state index is -0.484. The second-order valence-electron chi connectivity index (χ2n) is 5.47. The smallest absolute Gasteiger partial charge is 0.266 e. The van der Waals surface area contributed by atoms with Gasteiger partial charge in [-0.3, -0.25) is 4.79 Å². The standard InChI is InChI=1S/C10H14ClNO.C4H5N3O/c1-10(2,3)6-4-8(12)9(13)5-7(6)11;5-4(8)3-1-6-2-7-3/h4-5,13H,12H2,1-3H3;1-2H,(H2,5,8)(H,6,7). The van der Waals surface area contributed by atoms with Gasteiger partial charge in [-0.15, -0.1) is 0 Å². The zero-order valence-electron chi connectivity index (χ0n) is 12.1. The second-order valence-corrected chi connectivity index (χ2v) is 5.88. The quantitative estimate of drug-likeness (QED) is 0.478. The number of imidazole rings is 1. The molecule has 114 valence electrons. The average Bonchev–Trinajstić information content (AvgIpc) is 2.87. The van der Waals surface area contributed by atoms with Crippen molar-refractivity contribution in [2.24, 2.45) is 5.73 Å². The van der Waals surface area contributed by atoms with Crippen LogP contribution in [0.3, 0.4) is 0 Å². The number of aromatic nitrogens is 2. The van der Waals surface area contributed by atoms with Gasteiger partial charge in [-0.05, 0) is 17.0 Å². The maximum atomic E-state index is 10.2. The minimum absolute atomic E-state index is 0.0398. The molecule has 1 amide bonds. The zero-order valence-corrected chi connectivity index (χ0v) is 12.9. The third kappa shape index (κ3) is 4.68. The van der Waals surface area contributed by atoms with E-state index in [4.69, 9.17) is 23.1 Å². The van der Waals surface area contributed by atoms with Crippen LogP contribution in [0.25, 0.3) is 0 Å². The number of carbonyl (C=O) groups excluding carboxylic acids is 1. The number of phenols is 1. The molecule has 1 heterocycles. The first-order valence-corrected chi connectivity index (χ1v) is 6.57. The van der Waals surface area contributed by atoms with Gasteiger partial charge in [0.2, 0.25) is 0 Å². The molecule has 0 fully saturated rings. The van der Waals surface area contributed by atoms with Crippen LogP contribution in [0.2, 0.25) is 5.02 Å². The monoisotopic (exact) mass is 310 g/mol. The van der Waals surface area contributed by atoms with E-state index < -0.39 is 5.91 Å². The predicted octanol–water partition coefficient (Wildman–Crippen LogP) is 2.43. The van der Waals surface area contributed by atoms with Crippen molar-refractivity contribution < 1.29 is 9.90 Å². The lowest BCUT2D eigenvalue weighted by molar-refractivity contribution is 0.0996. The molecule has 1 aromatic carbocycles. The Bertz CT molecular complexity index is 619. The fourth-order valence-corrected chi connectivity index (χ4v) is 1.99. The Morgan fingerprint density at radius 3 is 2.38 bits per heavy atom. The van der Waals surface area contributed by atoms with Crippen molar-refractivity contribution >= 4 is 23.2 Å². The normalized spacial score (nSPS) is 10.7. The Kier molecular flexibility index (Phi) is 5.21. The predicted molar refractivity (Wildman–Crippen MR) is 83.3 cm³/mol. The fourth-order valence-electron chi connectivity index (χ4n) is 1.54. The van der Waals surface area contributed by atoms with Gasteiger partial charge in [0.05, 0.1) is 18.2 Å². The number of phenolic OH excluding ortho intramolecular Hbond substituents is 1. The van der Waals surface area contributed by atoms with Gasteiger partial charge >= 0.3 is 0 Å². The summed E-state index contributed by atoms with van der Waals surface area (Å²) in [5, 5.41) is 9.84. The molecule has 0 unspecified atom stereocenters. The summed E-state index contributed by atoms with van der Waals surface area (Å²) >= 11 is 5.97. The number of H-pyrrole nitrogens is 1. The molecule has 0 bridgehead atoms. The number of benzene rings is 1. The summed E-state index contributed by atoms with van der Waals surface area (Å²) in [4.78, 5) is 16.4. The van der Waals surface area contributed by atoms with Gasteiger partial charge in [-0.2, -0.15) is 0 Å². The molecule has 21 heavy (non-hydrogen) atoms. The van der Waals surface area contributed by atoms with Gasteiger partial charge in [-0.1, -0.05) is 32.4 Å². The number of carbonyl (C=O) groups is 1. The van der Waals surface area contributed by atoms with Crippen LogP contribution in [0.4, 0.5) is 5.69 Å². The summed E-state index contributed by atoms with van der Waals surface area (Å²) in [6.07, 6.45) is 2.78. The summed E-state index contributed by atoms with van der Waals surface area (Å²) in [6, 6.07) is 3.20. The van der Waals surface area contributed by atoms with Crippen LogP contribution in [0, 0.1) is 0 Å². The molecule has 0 aliphatic carbocycles. The van der Waals surface area contributed by atoms with Crippen molar-refractivity contribution in [1.29, 1.82) is 0 Å². The molecule has 0 saturated heterocycles. The number of nitrogens with two attached hydrogens (primary N) is 2. The number of rotatable bonds is 1. The van der Waals surface area contributed by atoms with Gasteiger partial charge in [0.1, 0.15) is 11.4 Å². The molecule has 1 aromatic heterocycles.